The average molecular weight is 551 g/mol. The molecule has 16 heteroatoms. The molecular weight excluding hydrogens is 518 g/mol. The van der Waals surface area contributed by atoms with E-state index in [4.69, 9.17) is 33.2 Å². The monoisotopic (exact) mass is 551 g/mol. The van der Waals surface area contributed by atoms with Gasteiger partial charge in [0, 0.05) is 34.6 Å². The molecule has 2 aliphatic heterocycles. The number of nitrogens with one attached hydrogen (secondary N) is 1. The fourth-order valence-electron chi connectivity index (χ4n) is 4.09. The smallest absolute Gasteiger partial charge is 0.303 e. The van der Waals surface area contributed by atoms with Gasteiger partial charge in [-0.15, -0.1) is 0 Å². The van der Waals surface area contributed by atoms with Gasteiger partial charge < -0.3 is 53.8 Å². The van der Waals surface area contributed by atoms with Gasteiger partial charge in [0.2, 0.25) is 5.91 Å². The molecule has 2 heterocycles. The Bertz CT molecular complexity index is 881. The molecule has 4 N–H and O–H groups in total. The van der Waals surface area contributed by atoms with Crippen molar-refractivity contribution in [2.45, 2.75) is 96.0 Å². The highest BCUT2D eigenvalue weighted by molar-refractivity contribution is 5.73. The van der Waals surface area contributed by atoms with Gasteiger partial charge in [-0.25, -0.2) is 0 Å². The zero-order valence-electron chi connectivity index (χ0n) is 21.4. The molecular formula is C22H33NO15. The number of amides is 1. The number of hydrogen-bond acceptors (Lipinski definition) is 15. The van der Waals surface area contributed by atoms with Crippen molar-refractivity contribution >= 4 is 29.8 Å². The number of hydrogen-bond donors (Lipinski definition) is 4. The first-order valence-corrected chi connectivity index (χ1v) is 11.6. The molecule has 2 saturated heterocycles. The van der Waals surface area contributed by atoms with E-state index in [1.54, 1.807) is 0 Å². The predicted molar refractivity (Wildman–Crippen MR) is 118 cm³/mol. The van der Waals surface area contributed by atoms with E-state index in [2.05, 4.69) is 5.32 Å². The minimum absolute atomic E-state index is 0.523. The number of esters is 4. The molecule has 0 aromatic carbocycles. The fraction of sp³-hybridized carbons (Fsp3) is 0.773. The Labute approximate surface area is 217 Å². The second-order valence-electron chi connectivity index (χ2n) is 8.63. The van der Waals surface area contributed by atoms with Crippen LogP contribution in [0.2, 0.25) is 0 Å². The molecule has 0 unspecified atom stereocenters. The number of carbonyl (C=O) groups excluding carboxylic acids is 5. The summed E-state index contributed by atoms with van der Waals surface area (Å²) in [5.41, 5.74) is 0. The van der Waals surface area contributed by atoms with Crippen LogP contribution in [0.1, 0.15) is 34.6 Å². The van der Waals surface area contributed by atoms with Crippen molar-refractivity contribution in [1.82, 2.24) is 5.32 Å². The highest BCUT2D eigenvalue weighted by atomic mass is 16.7. The number of aliphatic hydroxyl groups excluding tert-OH is 3. The molecule has 2 rings (SSSR count). The summed E-state index contributed by atoms with van der Waals surface area (Å²) in [6.45, 7) is 4.10. The van der Waals surface area contributed by atoms with Crippen molar-refractivity contribution < 1.29 is 72.5 Å². The summed E-state index contributed by atoms with van der Waals surface area (Å²) in [5.74, 6) is -3.94. The molecule has 0 aliphatic carbocycles. The first-order valence-electron chi connectivity index (χ1n) is 11.6. The maximum Gasteiger partial charge on any atom is 0.303 e. The van der Waals surface area contributed by atoms with Crippen LogP contribution in [0, 0.1) is 0 Å². The van der Waals surface area contributed by atoms with Crippen molar-refractivity contribution in [3.8, 4) is 0 Å². The van der Waals surface area contributed by atoms with Gasteiger partial charge in [-0.2, -0.15) is 0 Å². The van der Waals surface area contributed by atoms with Crippen LogP contribution in [-0.2, 0) is 57.1 Å². The largest absolute Gasteiger partial charge is 0.463 e. The van der Waals surface area contributed by atoms with E-state index >= 15 is 0 Å². The number of rotatable bonds is 9. The normalized spacial score (nSPS) is 34.9. The molecule has 0 saturated carbocycles. The first-order chi connectivity index (χ1) is 17.7. The van der Waals surface area contributed by atoms with Gasteiger partial charge in [0.05, 0.1) is 6.61 Å². The van der Waals surface area contributed by atoms with Crippen molar-refractivity contribution in [2.75, 3.05) is 13.2 Å². The number of carbonyl (C=O) groups is 5. The summed E-state index contributed by atoms with van der Waals surface area (Å²) in [4.78, 5) is 59.0. The quantitative estimate of drug-likeness (QED) is 0.166. The molecule has 10 atom stereocenters. The highest BCUT2D eigenvalue weighted by Gasteiger charge is 2.55. The molecule has 216 valence electrons. The Kier molecular flexibility index (Phi) is 11.4. The summed E-state index contributed by atoms with van der Waals surface area (Å²) >= 11 is 0. The van der Waals surface area contributed by atoms with Crippen LogP contribution in [0.3, 0.4) is 0 Å². The zero-order chi connectivity index (χ0) is 28.7. The molecule has 2 aliphatic rings. The first kappa shape index (κ1) is 31.3. The van der Waals surface area contributed by atoms with Crippen LogP contribution in [0.5, 0.6) is 0 Å². The molecule has 1 amide bonds. The topological polar surface area (TPSA) is 223 Å². The maximum absolute atomic E-state index is 12.0. The Hall–Kier alpha value is -2.89. The van der Waals surface area contributed by atoms with E-state index in [1.807, 2.05) is 0 Å². The second-order valence-corrected chi connectivity index (χ2v) is 8.63. The second kappa shape index (κ2) is 13.8. The lowest BCUT2D eigenvalue weighted by molar-refractivity contribution is -0.343. The predicted octanol–water partition coefficient (Wildman–Crippen LogP) is -2.97. The summed E-state index contributed by atoms with van der Waals surface area (Å²) in [6.07, 6.45) is -14.0. The van der Waals surface area contributed by atoms with Crippen molar-refractivity contribution in [2.24, 2.45) is 0 Å². The Morgan fingerprint density at radius 2 is 1.29 bits per heavy atom. The Morgan fingerprint density at radius 3 is 1.79 bits per heavy atom. The van der Waals surface area contributed by atoms with Crippen LogP contribution >= 0.6 is 0 Å². The standard InChI is InChI=1S/C22H33NO15/c1-8(25)23-15-18(16(30)13(6-24)36-21(15)31)38-22-20(35-12(5)29)19(34-11(4)28)17(33-10(3)27)14(37-22)7-32-9(2)26/h13-22,24,30-31H,6-7H2,1-5H3,(H,23,25)/t13-,14-,15-,16+,17-,18-,19-,20-,21+,22-/m0/s1. The van der Waals surface area contributed by atoms with E-state index in [-0.39, 0.29) is 0 Å². The highest BCUT2D eigenvalue weighted by Crippen LogP contribution is 2.33. The third kappa shape index (κ3) is 8.31. The summed E-state index contributed by atoms with van der Waals surface area (Å²) in [7, 11) is 0. The van der Waals surface area contributed by atoms with Crippen molar-refractivity contribution in [1.29, 1.82) is 0 Å². The Morgan fingerprint density at radius 1 is 0.737 bits per heavy atom. The lowest BCUT2D eigenvalue weighted by Gasteiger charge is -2.48. The van der Waals surface area contributed by atoms with Crippen LogP contribution in [0.4, 0.5) is 0 Å². The third-order valence-corrected chi connectivity index (χ3v) is 5.48. The van der Waals surface area contributed by atoms with Gasteiger partial charge in [-0.05, 0) is 0 Å². The molecule has 0 aromatic rings. The van der Waals surface area contributed by atoms with E-state index in [0.29, 0.717) is 0 Å². The summed E-state index contributed by atoms with van der Waals surface area (Å²) < 4.78 is 37.7. The van der Waals surface area contributed by atoms with Gasteiger partial charge in [0.15, 0.2) is 30.9 Å². The molecule has 2 fully saturated rings. The zero-order valence-corrected chi connectivity index (χ0v) is 21.4. The minimum atomic E-state index is -1.75. The van der Waals surface area contributed by atoms with Gasteiger partial charge in [0.25, 0.3) is 0 Å². The lowest BCUT2D eigenvalue weighted by Crippen LogP contribution is -2.68. The van der Waals surface area contributed by atoms with E-state index in [0.717, 1.165) is 34.6 Å². The van der Waals surface area contributed by atoms with E-state index in [9.17, 15) is 39.3 Å². The van der Waals surface area contributed by atoms with Gasteiger partial charge in [-0.3, -0.25) is 24.0 Å². The fourth-order valence-corrected chi connectivity index (χ4v) is 4.09. The van der Waals surface area contributed by atoms with Crippen molar-refractivity contribution in [3.63, 3.8) is 0 Å². The molecule has 0 bridgehead atoms. The Balaban J connectivity index is 2.54. The summed E-state index contributed by atoms with van der Waals surface area (Å²) in [5, 5.41) is 33.1. The molecule has 0 aromatic heterocycles. The SMILES string of the molecule is CC(=O)N[C@H]1[C@H](O[C@@H]2O[C@@H](COC(C)=O)[C@H](OC(C)=O)[C@H](OC(C)=O)[C@@H]2OC(C)=O)[C@H](O)[C@H](CO)O[C@H]1O. The van der Waals surface area contributed by atoms with Gasteiger partial charge in [0.1, 0.15) is 37.1 Å². The molecule has 0 spiro atoms. The van der Waals surface area contributed by atoms with E-state index < -0.39 is 104 Å². The van der Waals surface area contributed by atoms with Crippen LogP contribution in [0.25, 0.3) is 0 Å². The van der Waals surface area contributed by atoms with Crippen LogP contribution in [0.15, 0.2) is 0 Å². The van der Waals surface area contributed by atoms with E-state index in [1.165, 1.54) is 0 Å². The molecule has 0 radical (unpaired) electrons. The number of aliphatic hydroxyl groups is 3. The van der Waals surface area contributed by atoms with Crippen molar-refractivity contribution in [3.05, 3.63) is 0 Å². The molecule has 38 heavy (non-hydrogen) atoms. The molecule has 16 nitrogen and oxygen atoms in total. The third-order valence-electron chi connectivity index (χ3n) is 5.48. The van der Waals surface area contributed by atoms with Crippen LogP contribution < -0.4 is 5.32 Å². The summed E-state index contributed by atoms with van der Waals surface area (Å²) in [6, 6.07) is -1.41. The lowest BCUT2D eigenvalue weighted by atomic mass is 9.95. The van der Waals surface area contributed by atoms with Gasteiger partial charge >= 0.3 is 23.9 Å². The maximum atomic E-state index is 12.0. The average Bonchev–Trinajstić information content (AvgIpc) is 2.79. The van der Waals surface area contributed by atoms with Crippen LogP contribution in [-0.4, -0.2) is 120 Å². The minimum Gasteiger partial charge on any atom is -0.463 e. The van der Waals surface area contributed by atoms with Gasteiger partial charge in [-0.1, -0.05) is 0 Å². The number of ether oxygens (including phenoxy) is 7.